The minimum absolute atomic E-state index is 0.247. The van der Waals surface area contributed by atoms with Crippen LogP contribution in [0.4, 0.5) is 11.9 Å². The van der Waals surface area contributed by atoms with Crippen LogP contribution < -0.4 is 10.6 Å². The highest BCUT2D eigenvalue weighted by molar-refractivity contribution is 5.38. The first kappa shape index (κ1) is 13.7. The van der Waals surface area contributed by atoms with Crippen molar-refractivity contribution in [2.45, 2.75) is 25.8 Å². The first-order valence-corrected chi connectivity index (χ1v) is 7.19. The summed E-state index contributed by atoms with van der Waals surface area (Å²) in [6, 6.07) is 2.08. The molecule has 2 N–H and O–H groups in total. The van der Waals surface area contributed by atoms with Crippen LogP contribution in [-0.4, -0.2) is 50.5 Å². The molecule has 1 saturated heterocycles. The highest BCUT2D eigenvalue weighted by atomic mass is 16.5. The second-order valence-corrected chi connectivity index (χ2v) is 4.86. The van der Waals surface area contributed by atoms with Crippen LogP contribution in [0, 0.1) is 0 Å². The number of hydrogen-bond acceptors (Lipinski definition) is 7. The molecule has 1 atom stereocenters. The summed E-state index contributed by atoms with van der Waals surface area (Å²) in [7, 11) is 0. The summed E-state index contributed by atoms with van der Waals surface area (Å²) >= 11 is 0. The zero-order valence-electron chi connectivity index (χ0n) is 12.0. The first-order chi connectivity index (χ1) is 10.3. The molecule has 0 radical (unpaired) electrons. The monoisotopic (exact) mass is 289 g/mol. The SMILES string of the molecule is CCCNc1nc(NC2CCOC2)nc(-n2cccn2)n1. The number of anilines is 2. The zero-order chi connectivity index (χ0) is 14.5. The Balaban J connectivity index is 1.84. The van der Waals surface area contributed by atoms with Crippen LogP contribution in [0.2, 0.25) is 0 Å². The Morgan fingerprint density at radius 1 is 1.33 bits per heavy atom. The minimum atomic E-state index is 0.247. The van der Waals surface area contributed by atoms with E-state index in [2.05, 4.69) is 37.6 Å². The van der Waals surface area contributed by atoms with Gasteiger partial charge in [-0.1, -0.05) is 6.92 Å². The molecule has 21 heavy (non-hydrogen) atoms. The molecule has 0 saturated carbocycles. The lowest BCUT2D eigenvalue weighted by atomic mass is 10.3. The first-order valence-electron chi connectivity index (χ1n) is 7.19. The second kappa shape index (κ2) is 6.49. The summed E-state index contributed by atoms with van der Waals surface area (Å²) in [4.78, 5) is 13.2. The van der Waals surface area contributed by atoms with E-state index >= 15 is 0 Å². The van der Waals surface area contributed by atoms with Crippen LogP contribution in [0.15, 0.2) is 18.5 Å². The molecule has 0 aliphatic carbocycles. The maximum Gasteiger partial charge on any atom is 0.257 e. The average Bonchev–Trinajstić information content (AvgIpc) is 3.18. The average molecular weight is 289 g/mol. The quantitative estimate of drug-likeness (QED) is 0.822. The number of aromatic nitrogens is 5. The van der Waals surface area contributed by atoms with Gasteiger partial charge in [0.25, 0.3) is 5.95 Å². The van der Waals surface area contributed by atoms with Gasteiger partial charge in [0.15, 0.2) is 0 Å². The molecule has 1 aliphatic rings. The van der Waals surface area contributed by atoms with Gasteiger partial charge in [0.2, 0.25) is 11.9 Å². The van der Waals surface area contributed by atoms with Crippen molar-refractivity contribution >= 4 is 11.9 Å². The van der Waals surface area contributed by atoms with Gasteiger partial charge in [-0.2, -0.15) is 20.1 Å². The van der Waals surface area contributed by atoms with Crippen molar-refractivity contribution in [1.82, 2.24) is 24.7 Å². The Labute approximate surface area is 123 Å². The predicted molar refractivity (Wildman–Crippen MR) is 78.6 cm³/mol. The third-order valence-corrected chi connectivity index (χ3v) is 3.13. The number of ether oxygens (including phenoxy) is 1. The van der Waals surface area contributed by atoms with Crippen molar-refractivity contribution in [3.8, 4) is 5.95 Å². The normalized spacial score (nSPS) is 17.9. The molecule has 112 valence electrons. The van der Waals surface area contributed by atoms with E-state index in [1.807, 2.05) is 6.07 Å². The zero-order valence-corrected chi connectivity index (χ0v) is 12.0. The van der Waals surface area contributed by atoms with E-state index < -0.39 is 0 Å². The molecule has 2 aromatic heterocycles. The minimum Gasteiger partial charge on any atom is -0.379 e. The molecular weight excluding hydrogens is 270 g/mol. The van der Waals surface area contributed by atoms with E-state index in [4.69, 9.17) is 4.74 Å². The van der Waals surface area contributed by atoms with E-state index in [9.17, 15) is 0 Å². The van der Waals surface area contributed by atoms with E-state index in [1.165, 1.54) is 0 Å². The fraction of sp³-hybridized carbons (Fsp3) is 0.538. The molecule has 0 spiro atoms. The Hall–Kier alpha value is -2.22. The smallest absolute Gasteiger partial charge is 0.257 e. The molecule has 3 heterocycles. The van der Waals surface area contributed by atoms with Crippen molar-refractivity contribution < 1.29 is 4.74 Å². The largest absolute Gasteiger partial charge is 0.379 e. The molecule has 1 fully saturated rings. The van der Waals surface area contributed by atoms with Gasteiger partial charge < -0.3 is 15.4 Å². The molecular formula is C13H19N7O. The summed E-state index contributed by atoms with van der Waals surface area (Å²) < 4.78 is 6.98. The van der Waals surface area contributed by atoms with E-state index in [-0.39, 0.29) is 6.04 Å². The lowest BCUT2D eigenvalue weighted by molar-refractivity contribution is 0.195. The molecule has 8 heteroatoms. The van der Waals surface area contributed by atoms with Crippen LogP contribution in [0.5, 0.6) is 0 Å². The van der Waals surface area contributed by atoms with Crippen molar-refractivity contribution in [2.24, 2.45) is 0 Å². The van der Waals surface area contributed by atoms with Crippen LogP contribution in [0.1, 0.15) is 19.8 Å². The summed E-state index contributed by atoms with van der Waals surface area (Å²) in [5.74, 6) is 1.60. The van der Waals surface area contributed by atoms with Gasteiger partial charge in [-0.15, -0.1) is 0 Å². The highest BCUT2D eigenvalue weighted by Gasteiger charge is 2.17. The standard InChI is InChI=1S/C13H19N7O/c1-2-5-14-11-17-12(16-10-4-8-21-9-10)19-13(18-11)20-7-3-6-15-20/h3,6-7,10H,2,4-5,8-9H2,1H3,(H2,14,16,17,18,19). The Morgan fingerprint density at radius 3 is 2.95 bits per heavy atom. The predicted octanol–water partition coefficient (Wildman–Crippen LogP) is 1.08. The van der Waals surface area contributed by atoms with Gasteiger partial charge in [-0.25, -0.2) is 4.68 Å². The van der Waals surface area contributed by atoms with Crippen LogP contribution >= 0.6 is 0 Å². The van der Waals surface area contributed by atoms with E-state index in [0.29, 0.717) is 24.5 Å². The molecule has 1 unspecified atom stereocenters. The second-order valence-electron chi connectivity index (χ2n) is 4.86. The van der Waals surface area contributed by atoms with Gasteiger partial charge in [0, 0.05) is 25.5 Å². The fourth-order valence-corrected chi connectivity index (χ4v) is 2.07. The van der Waals surface area contributed by atoms with Gasteiger partial charge >= 0.3 is 0 Å². The van der Waals surface area contributed by atoms with Crippen molar-refractivity contribution in [3.63, 3.8) is 0 Å². The number of rotatable bonds is 6. The van der Waals surface area contributed by atoms with Gasteiger partial charge in [0.1, 0.15) is 0 Å². The third-order valence-electron chi connectivity index (χ3n) is 3.13. The summed E-state index contributed by atoms with van der Waals surface area (Å²) in [5, 5.41) is 10.6. The Bertz CT molecular complexity index is 566. The van der Waals surface area contributed by atoms with Gasteiger partial charge in [-0.3, -0.25) is 0 Å². The Morgan fingerprint density at radius 2 is 2.24 bits per heavy atom. The third kappa shape index (κ3) is 3.46. The van der Waals surface area contributed by atoms with Crippen molar-refractivity contribution in [3.05, 3.63) is 18.5 Å². The van der Waals surface area contributed by atoms with Crippen LogP contribution in [0.3, 0.4) is 0 Å². The summed E-state index contributed by atoms with van der Waals surface area (Å²) in [5.41, 5.74) is 0. The van der Waals surface area contributed by atoms with Crippen molar-refractivity contribution in [2.75, 3.05) is 30.4 Å². The van der Waals surface area contributed by atoms with Gasteiger partial charge in [-0.05, 0) is 18.9 Å². The van der Waals surface area contributed by atoms with Crippen molar-refractivity contribution in [1.29, 1.82) is 0 Å². The van der Waals surface area contributed by atoms with E-state index in [1.54, 1.807) is 17.1 Å². The van der Waals surface area contributed by atoms with Crippen LogP contribution in [-0.2, 0) is 4.74 Å². The van der Waals surface area contributed by atoms with Gasteiger partial charge in [0.05, 0.1) is 12.6 Å². The molecule has 0 amide bonds. The van der Waals surface area contributed by atoms with E-state index in [0.717, 1.165) is 26.0 Å². The highest BCUT2D eigenvalue weighted by Crippen LogP contribution is 2.13. The number of hydrogen-bond donors (Lipinski definition) is 2. The molecule has 8 nitrogen and oxygen atoms in total. The molecule has 2 aromatic rings. The lowest BCUT2D eigenvalue weighted by Gasteiger charge is -2.12. The summed E-state index contributed by atoms with van der Waals surface area (Å²) in [6.07, 6.45) is 5.46. The Kier molecular flexibility index (Phi) is 4.25. The number of nitrogens with one attached hydrogen (secondary N) is 2. The lowest BCUT2D eigenvalue weighted by Crippen LogP contribution is -2.22. The fourth-order valence-electron chi connectivity index (χ4n) is 2.07. The maximum atomic E-state index is 5.36. The molecule has 0 aromatic carbocycles. The number of nitrogens with zero attached hydrogens (tertiary/aromatic N) is 5. The summed E-state index contributed by atoms with van der Waals surface area (Å²) in [6.45, 7) is 4.36. The maximum absolute atomic E-state index is 5.36. The molecule has 1 aliphatic heterocycles. The molecule has 0 bridgehead atoms. The topological polar surface area (TPSA) is 89.8 Å². The molecule has 3 rings (SSSR count). The van der Waals surface area contributed by atoms with Crippen LogP contribution in [0.25, 0.3) is 5.95 Å².